The van der Waals surface area contributed by atoms with Crippen LogP contribution in [0.15, 0.2) is 76.5 Å². The van der Waals surface area contributed by atoms with E-state index < -0.39 is 5.97 Å². The van der Waals surface area contributed by atoms with Gasteiger partial charge >= 0.3 is 5.97 Å². The summed E-state index contributed by atoms with van der Waals surface area (Å²) in [6, 6.07) is 21.7. The highest BCUT2D eigenvalue weighted by Crippen LogP contribution is 2.32. The van der Waals surface area contributed by atoms with Gasteiger partial charge < -0.3 is 4.74 Å². The lowest BCUT2D eigenvalue weighted by Crippen LogP contribution is -2.15. The number of hydrogen-bond acceptors (Lipinski definition) is 5. The molecule has 0 amide bonds. The van der Waals surface area contributed by atoms with Crippen molar-refractivity contribution in [2.24, 2.45) is 0 Å². The lowest BCUT2D eigenvalue weighted by atomic mass is 10.0. The molecule has 0 heterocycles. The van der Waals surface area contributed by atoms with Gasteiger partial charge in [0.2, 0.25) is 0 Å². The predicted molar refractivity (Wildman–Crippen MR) is 112 cm³/mol. The van der Waals surface area contributed by atoms with Gasteiger partial charge in [-0.3, -0.25) is 4.79 Å². The highest BCUT2D eigenvalue weighted by Gasteiger charge is 2.17. The fourth-order valence-corrected chi connectivity index (χ4v) is 3.71. The zero-order chi connectivity index (χ0) is 20.8. The summed E-state index contributed by atoms with van der Waals surface area (Å²) in [5.41, 5.74) is 3.53. The Kier molecular flexibility index (Phi) is 6.48. The van der Waals surface area contributed by atoms with Gasteiger partial charge in [0, 0.05) is 15.4 Å². The Morgan fingerprint density at radius 2 is 1.62 bits per heavy atom. The van der Waals surface area contributed by atoms with Crippen LogP contribution < -0.4 is 0 Å². The number of esters is 1. The van der Waals surface area contributed by atoms with Crippen molar-refractivity contribution in [1.82, 2.24) is 0 Å². The van der Waals surface area contributed by atoms with Gasteiger partial charge in [-0.15, -0.1) is 0 Å². The Morgan fingerprint density at radius 3 is 2.34 bits per heavy atom. The van der Waals surface area contributed by atoms with E-state index in [1.54, 1.807) is 42.5 Å². The number of nitriles is 1. The number of carbonyl (C=O) groups is 2. The number of hydrogen-bond donors (Lipinski definition) is 0. The lowest BCUT2D eigenvalue weighted by molar-refractivity contribution is 0.0471. The van der Waals surface area contributed by atoms with Crippen LogP contribution in [0, 0.1) is 25.2 Å². The third-order valence-electron chi connectivity index (χ3n) is 4.50. The second-order valence-corrected chi connectivity index (χ2v) is 7.59. The van der Waals surface area contributed by atoms with Crippen LogP contribution in [0.1, 0.15) is 37.4 Å². The molecule has 3 aromatic carbocycles. The molecular weight excluding hydrogens is 382 g/mol. The highest BCUT2D eigenvalue weighted by atomic mass is 32.2. The van der Waals surface area contributed by atoms with E-state index in [1.807, 2.05) is 38.1 Å². The average Bonchev–Trinajstić information content (AvgIpc) is 2.74. The molecule has 0 aliphatic carbocycles. The maximum Gasteiger partial charge on any atom is 0.339 e. The van der Waals surface area contributed by atoms with E-state index in [9.17, 15) is 14.9 Å². The number of benzene rings is 3. The molecule has 0 radical (unpaired) electrons. The van der Waals surface area contributed by atoms with Crippen LogP contribution in [0.25, 0.3) is 0 Å². The Labute approximate surface area is 174 Å². The lowest BCUT2D eigenvalue weighted by Gasteiger charge is -2.10. The smallest absolute Gasteiger partial charge is 0.339 e. The summed E-state index contributed by atoms with van der Waals surface area (Å²) in [7, 11) is 0. The molecule has 0 bridgehead atoms. The average molecular weight is 401 g/mol. The molecule has 3 rings (SSSR count). The van der Waals surface area contributed by atoms with Gasteiger partial charge in [-0.1, -0.05) is 48.2 Å². The van der Waals surface area contributed by atoms with E-state index in [0.29, 0.717) is 21.6 Å². The predicted octanol–water partition coefficient (Wildman–Crippen LogP) is 5.37. The van der Waals surface area contributed by atoms with Crippen molar-refractivity contribution in [2.75, 3.05) is 6.61 Å². The topological polar surface area (TPSA) is 67.2 Å². The molecular formula is C24H19NO3S. The van der Waals surface area contributed by atoms with Crippen molar-refractivity contribution in [3.8, 4) is 6.07 Å². The fraction of sp³-hybridized carbons (Fsp3) is 0.125. The van der Waals surface area contributed by atoms with Crippen molar-refractivity contribution >= 4 is 23.5 Å². The van der Waals surface area contributed by atoms with Gasteiger partial charge in [0.15, 0.2) is 12.4 Å². The molecule has 0 aromatic heterocycles. The van der Waals surface area contributed by atoms with Gasteiger partial charge in [0.25, 0.3) is 0 Å². The maximum atomic E-state index is 12.6. The first-order valence-corrected chi connectivity index (χ1v) is 9.85. The molecule has 0 N–H and O–H groups in total. The summed E-state index contributed by atoms with van der Waals surface area (Å²) in [6.45, 7) is 3.59. The summed E-state index contributed by atoms with van der Waals surface area (Å²) in [5, 5.41) is 9.27. The van der Waals surface area contributed by atoms with E-state index in [4.69, 9.17) is 4.74 Å². The van der Waals surface area contributed by atoms with E-state index in [1.165, 1.54) is 11.8 Å². The normalized spacial score (nSPS) is 10.2. The molecule has 0 aliphatic rings. The van der Waals surface area contributed by atoms with E-state index >= 15 is 0 Å². The van der Waals surface area contributed by atoms with Crippen LogP contribution in [-0.4, -0.2) is 18.4 Å². The highest BCUT2D eigenvalue weighted by molar-refractivity contribution is 7.99. The number of ketones is 1. The molecule has 4 nitrogen and oxygen atoms in total. The van der Waals surface area contributed by atoms with Gasteiger partial charge in [0.05, 0.1) is 11.1 Å². The van der Waals surface area contributed by atoms with Crippen LogP contribution in [0.4, 0.5) is 0 Å². The number of nitrogens with zero attached hydrogens (tertiary/aromatic N) is 1. The summed E-state index contributed by atoms with van der Waals surface area (Å²) in [4.78, 5) is 26.4. The second-order valence-electron chi connectivity index (χ2n) is 6.50. The summed E-state index contributed by atoms with van der Waals surface area (Å²) in [6.07, 6.45) is 0. The summed E-state index contributed by atoms with van der Waals surface area (Å²) >= 11 is 1.32. The van der Waals surface area contributed by atoms with Gasteiger partial charge in [-0.05, 0) is 55.3 Å². The number of Topliss-reactive ketones (excluding diaryl/α,β-unsaturated/α-hetero) is 1. The molecule has 0 saturated heterocycles. The van der Waals surface area contributed by atoms with E-state index in [2.05, 4.69) is 6.07 Å². The number of aryl methyl sites for hydroxylation is 2. The molecule has 0 saturated carbocycles. The zero-order valence-corrected chi connectivity index (χ0v) is 17.0. The van der Waals surface area contributed by atoms with Crippen molar-refractivity contribution in [2.45, 2.75) is 23.6 Å². The third-order valence-corrected chi connectivity index (χ3v) is 5.65. The Bertz CT molecular complexity index is 1120. The minimum absolute atomic E-state index is 0.249. The monoisotopic (exact) mass is 401 g/mol. The summed E-state index contributed by atoms with van der Waals surface area (Å²) in [5.74, 6) is -0.818. The molecule has 0 spiro atoms. The summed E-state index contributed by atoms with van der Waals surface area (Å²) < 4.78 is 5.28. The van der Waals surface area contributed by atoms with Crippen molar-refractivity contribution in [3.05, 3.63) is 94.5 Å². The van der Waals surface area contributed by atoms with Crippen molar-refractivity contribution in [3.63, 3.8) is 0 Å². The SMILES string of the molecule is Cc1ccc(C(=O)COC(=O)c2ccccc2Sc2ccccc2C#N)cc1C. The molecule has 0 aliphatic heterocycles. The van der Waals surface area contributed by atoms with Crippen LogP contribution in [0.5, 0.6) is 0 Å². The molecule has 3 aromatic rings. The number of rotatable bonds is 6. The first-order valence-electron chi connectivity index (χ1n) is 9.03. The molecule has 144 valence electrons. The second kappa shape index (κ2) is 9.22. The van der Waals surface area contributed by atoms with Gasteiger partial charge in [-0.25, -0.2) is 4.79 Å². The molecule has 5 heteroatoms. The number of carbonyl (C=O) groups excluding carboxylic acids is 2. The first-order chi connectivity index (χ1) is 14.0. The van der Waals surface area contributed by atoms with Gasteiger partial charge in [-0.2, -0.15) is 5.26 Å². The third kappa shape index (κ3) is 4.92. The quantitative estimate of drug-likeness (QED) is 0.410. The minimum Gasteiger partial charge on any atom is -0.454 e. The zero-order valence-electron chi connectivity index (χ0n) is 16.1. The first kappa shape index (κ1) is 20.4. The number of ether oxygens (including phenoxy) is 1. The molecule has 0 fully saturated rings. The van der Waals surface area contributed by atoms with Crippen molar-refractivity contribution < 1.29 is 14.3 Å². The van der Waals surface area contributed by atoms with E-state index in [-0.39, 0.29) is 12.4 Å². The molecule has 0 atom stereocenters. The standard InChI is InChI=1S/C24H19NO3S/c1-16-11-12-18(13-17(16)2)21(26)15-28-24(27)20-8-4-6-10-23(20)29-22-9-5-3-7-19(22)14-25/h3-13H,15H2,1-2H3. The maximum absolute atomic E-state index is 12.6. The van der Waals surface area contributed by atoms with Crippen LogP contribution in [0.2, 0.25) is 0 Å². The Morgan fingerprint density at radius 1 is 0.931 bits per heavy atom. The van der Waals surface area contributed by atoms with Crippen LogP contribution in [-0.2, 0) is 4.74 Å². The van der Waals surface area contributed by atoms with Crippen LogP contribution in [0.3, 0.4) is 0 Å². The fourth-order valence-electron chi connectivity index (χ4n) is 2.70. The van der Waals surface area contributed by atoms with E-state index in [0.717, 1.165) is 16.0 Å². The Hall–Kier alpha value is -3.36. The Balaban J connectivity index is 1.74. The van der Waals surface area contributed by atoms with Crippen molar-refractivity contribution in [1.29, 1.82) is 5.26 Å². The molecule has 29 heavy (non-hydrogen) atoms. The van der Waals surface area contributed by atoms with Crippen LogP contribution >= 0.6 is 11.8 Å². The minimum atomic E-state index is -0.570. The molecule has 0 unspecified atom stereocenters. The van der Waals surface area contributed by atoms with Gasteiger partial charge in [0.1, 0.15) is 6.07 Å². The largest absolute Gasteiger partial charge is 0.454 e.